The largest absolute Gasteiger partial charge is 0.497 e. The third kappa shape index (κ3) is 5.27. The van der Waals surface area contributed by atoms with Crippen LogP contribution in [0.1, 0.15) is 12.0 Å². The highest BCUT2D eigenvalue weighted by Gasteiger charge is 2.33. The van der Waals surface area contributed by atoms with E-state index in [-0.39, 0.29) is 24.9 Å². The lowest BCUT2D eigenvalue weighted by Gasteiger charge is -2.28. The lowest BCUT2D eigenvalue weighted by molar-refractivity contribution is 0.155. The van der Waals surface area contributed by atoms with E-state index in [1.807, 2.05) is 0 Å². The van der Waals surface area contributed by atoms with E-state index in [1.54, 1.807) is 41.6 Å². The number of halogens is 2. The SMILES string of the molecule is COc1ccc(CN(c2cscn2)S(=O)(=O)c2cc(Br)c(N(C)C3CCN(C(=O)O)C3)cc2F)cc1. The van der Waals surface area contributed by atoms with Crippen molar-refractivity contribution in [3.63, 3.8) is 0 Å². The summed E-state index contributed by atoms with van der Waals surface area (Å²) in [5, 5.41) is 10.8. The van der Waals surface area contributed by atoms with Gasteiger partial charge < -0.3 is 19.6 Å². The average molecular weight is 600 g/mol. The topological polar surface area (TPSA) is 103 Å². The minimum Gasteiger partial charge on any atom is -0.497 e. The number of aromatic nitrogens is 1. The van der Waals surface area contributed by atoms with E-state index in [2.05, 4.69) is 20.9 Å². The number of methoxy groups -OCH3 is 1. The number of amides is 1. The minimum absolute atomic E-state index is 0.0537. The number of hydrogen-bond acceptors (Lipinski definition) is 7. The van der Waals surface area contributed by atoms with Crippen molar-refractivity contribution in [2.24, 2.45) is 0 Å². The highest BCUT2D eigenvalue weighted by molar-refractivity contribution is 9.10. The second-order valence-corrected chi connectivity index (χ2v) is 11.6. The van der Waals surface area contributed by atoms with E-state index in [4.69, 9.17) is 4.74 Å². The first-order valence-corrected chi connectivity index (χ1v) is 14.0. The van der Waals surface area contributed by atoms with Crippen molar-refractivity contribution in [2.45, 2.75) is 23.9 Å². The molecule has 1 amide bonds. The smallest absolute Gasteiger partial charge is 0.407 e. The molecule has 3 aromatic rings. The lowest BCUT2D eigenvalue weighted by atomic mass is 10.2. The number of rotatable bonds is 8. The first-order valence-electron chi connectivity index (χ1n) is 10.9. The Morgan fingerprint density at radius 3 is 2.64 bits per heavy atom. The van der Waals surface area contributed by atoms with Crippen molar-refractivity contribution < 1.29 is 27.4 Å². The second kappa shape index (κ2) is 10.6. The molecule has 9 nitrogen and oxygen atoms in total. The first-order chi connectivity index (χ1) is 17.1. The molecule has 13 heteroatoms. The third-order valence-electron chi connectivity index (χ3n) is 6.09. The molecule has 2 aromatic carbocycles. The maximum atomic E-state index is 15.4. The monoisotopic (exact) mass is 598 g/mol. The van der Waals surface area contributed by atoms with Crippen molar-refractivity contribution in [2.75, 3.05) is 36.5 Å². The summed E-state index contributed by atoms with van der Waals surface area (Å²) in [6, 6.07) is 9.15. The van der Waals surface area contributed by atoms with Gasteiger partial charge in [-0.2, -0.15) is 0 Å². The summed E-state index contributed by atoms with van der Waals surface area (Å²) in [7, 11) is -1.07. The molecule has 1 atom stereocenters. The van der Waals surface area contributed by atoms with Crippen LogP contribution in [0.25, 0.3) is 0 Å². The van der Waals surface area contributed by atoms with E-state index in [0.29, 0.717) is 34.4 Å². The fourth-order valence-corrected chi connectivity index (χ4v) is 6.90. The Labute approximate surface area is 220 Å². The lowest BCUT2D eigenvalue weighted by Crippen LogP contribution is -2.36. The van der Waals surface area contributed by atoms with Gasteiger partial charge in [0.25, 0.3) is 10.0 Å². The zero-order chi connectivity index (χ0) is 26.0. The Morgan fingerprint density at radius 2 is 2.06 bits per heavy atom. The van der Waals surface area contributed by atoms with E-state index >= 15 is 4.39 Å². The number of sulfonamides is 1. The Hall–Kier alpha value is -2.90. The molecule has 4 rings (SSSR count). The van der Waals surface area contributed by atoms with Gasteiger partial charge >= 0.3 is 6.09 Å². The molecule has 1 N–H and O–H groups in total. The maximum absolute atomic E-state index is 15.4. The molecule has 0 saturated carbocycles. The number of likely N-dealkylation sites (N-methyl/N-ethyl adjacent to an activating group) is 1. The van der Waals surface area contributed by atoms with Gasteiger partial charge in [-0.25, -0.2) is 26.9 Å². The van der Waals surface area contributed by atoms with Crippen LogP contribution in [0.3, 0.4) is 0 Å². The third-order valence-corrected chi connectivity index (χ3v) is 9.07. The van der Waals surface area contributed by atoms with Crippen molar-refractivity contribution in [1.29, 1.82) is 0 Å². The summed E-state index contributed by atoms with van der Waals surface area (Å²) in [5.41, 5.74) is 2.62. The quantitative estimate of drug-likeness (QED) is 0.403. The molecule has 1 unspecified atom stereocenters. The number of thiazole rings is 1. The highest BCUT2D eigenvalue weighted by Crippen LogP contribution is 2.35. The van der Waals surface area contributed by atoms with Crippen molar-refractivity contribution >= 4 is 54.9 Å². The number of ether oxygens (including phenoxy) is 1. The number of hydrogen-bond donors (Lipinski definition) is 1. The van der Waals surface area contributed by atoms with Crippen LogP contribution >= 0.6 is 27.3 Å². The zero-order valence-corrected chi connectivity index (χ0v) is 22.7. The molecule has 36 heavy (non-hydrogen) atoms. The molecule has 192 valence electrons. The van der Waals surface area contributed by atoms with Gasteiger partial charge in [-0.3, -0.25) is 0 Å². The van der Waals surface area contributed by atoms with Crippen LogP contribution in [0, 0.1) is 5.82 Å². The standard InChI is InChI=1S/C23H24BrFN4O5S2/c1-27(16-7-8-28(12-16)23(30)31)20-10-19(25)21(9-18(20)24)36(32,33)29(22-13-35-14-26-22)11-15-3-5-17(34-2)6-4-15/h3-6,9-10,13-14,16H,7-8,11-12H2,1-2H3,(H,30,31). The number of anilines is 2. The molecule has 0 aliphatic carbocycles. The summed E-state index contributed by atoms with van der Waals surface area (Å²) in [5.74, 6) is -0.0967. The Kier molecular flexibility index (Phi) is 7.71. The van der Waals surface area contributed by atoms with Crippen LogP contribution in [-0.4, -0.2) is 62.8 Å². The van der Waals surface area contributed by atoms with Gasteiger partial charge in [-0.05, 0) is 52.2 Å². The molecule has 1 aliphatic rings. The number of likely N-dealkylation sites (tertiary alicyclic amines) is 1. The molecule has 2 heterocycles. The van der Waals surface area contributed by atoms with Crippen molar-refractivity contribution in [3.05, 3.63) is 63.1 Å². The number of benzene rings is 2. The van der Waals surface area contributed by atoms with Crippen LogP contribution in [-0.2, 0) is 16.6 Å². The Balaban J connectivity index is 1.66. The molecule has 1 aromatic heterocycles. The zero-order valence-electron chi connectivity index (χ0n) is 19.5. The van der Waals surface area contributed by atoms with Crippen LogP contribution in [0.5, 0.6) is 5.75 Å². The highest BCUT2D eigenvalue weighted by atomic mass is 79.9. The summed E-state index contributed by atoms with van der Waals surface area (Å²) in [6.07, 6.45) is -0.423. The average Bonchev–Trinajstić information content (AvgIpc) is 3.56. The molecule has 1 aliphatic heterocycles. The number of carboxylic acid groups (broad SMARTS) is 1. The van der Waals surface area contributed by atoms with Gasteiger partial charge in [0.2, 0.25) is 0 Å². The number of nitrogens with zero attached hydrogens (tertiary/aromatic N) is 4. The molecule has 0 spiro atoms. The second-order valence-electron chi connectivity index (χ2n) is 8.22. The molecule has 1 saturated heterocycles. The normalized spacial score (nSPS) is 15.7. The summed E-state index contributed by atoms with van der Waals surface area (Å²) in [6.45, 7) is 0.603. The van der Waals surface area contributed by atoms with Crippen LogP contribution < -0.4 is 13.9 Å². The van der Waals surface area contributed by atoms with Crippen LogP contribution in [0.2, 0.25) is 0 Å². The van der Waals surface area contributed by atoms with Gasteiger partial charge in [0.1, 0.15) is 16.5 Å². The Bertz CT molecular complexity index is 1340. The van der Waals surface area contributed by atoms with Gasteiger partial charge in [0.15, 0.2) is 5.82 Å². The maximum Gasteiger partial charge on any atom is 0.407 e. The fraction of sp³-hybridized carbons (Fsp3) is 0.304. The predicted molar refractivity (Wildman–Crippen MR) is 139 cm³/mol. The summed E-state index contributed by atoms with van der Waals surface area (Å²) >= 11 is 4.63. The minimum atomic E-state index is -4.34. The van der Waals surface area contributed by atoms with Gasteiger partial charge in [-0.1, -0.05) is 12.1 Å². The van der Waals surface area contributed by atoms with E-state index in [9.17, 15) is 18.3 Å². The van der Waals surface area contributed by atoms with E-state index in [0.717, 1.165) is 10.4 Å². The molecule has 1 fully saturated rings. The summed E-state index contributed by atoms with van der Waals surface area (Å²) < 4.78 is 49.4. The molecular formula is C23H24BrFN4O5S2. The molecular weight excluding hydrogens is 575 g/mol. The number of carbonyl (C=O) groups is 1. The van der Waals surface area contributed by atoms with E-state index in [1.165, 1.54) is 34.9 Å². The molecule has 0 bridgehead atoms. The van der Waals surface area contributed by atoms with Crippen LogP contribution in [0.4, 0.5) is 20.7 Å². The van der Waals surface area contributed by atoms with Crippen molar-refractivity contribution in [1.82, 2.24) is 9.88 Å². The fourth-order valence-electron chi connectivity index (χ4n) is 4.05. The summed E-state index contributed by atoms with van der Waals surface area (Å²) in [4.78, 5) is 18.0. The predicted octanol–water partition coefficient (Wildman–Crippen LogP) is 4.64. The van der Waals surface area contributed by atoms with Gasteiger partial charge in [-0.15, -0.1) is 11.3 Å². The van der Waals surface area contributed by atoms with Gasteiger partial charge in [0.05, 0.1) is 24.9 Å². The van der Waals surface area contributed by atoms with Crippen molar-refractivity contribution in [3.8, 4) is 5.75 Å². The van der Waals surface area contributed by atoms with Crippen LogP contribution in [0.15, 0.2) is 56.7 Å². The van der Waals surface area contributed by atoms with Gasteiger partial charge in [0, 0.05) is 36.0 Å². The Morgan fingerprint density at radius 1 is 1.33 bits per heavy atom. The first kappa shape index (κ1) is 26.2. The van der Waals surface area contributed by atoms with E-state index < -0.39 is 26.8 Å². The molecule has 0 radical (unpaired) electrons.